The van der Waals surface area contributed by atoms with E-state index in [1.807, 2.05) is 6.07 Å². The quantitative estimate of drug-likeness (QED) is 0.832. The van der Waals surface area contributed by atoms with Crippen molar-refractivity contribution in [3.05, 3.63) is 28.8 Å². The van der Waals surface area contributed by atoms with E-state index in [1.165, 1.54) is 7.11 Å². The van der Waals surface area contributed by atoms with Gasteiger partial charge in [-0.2, -0.15) is 0 Å². The predicted octanol–water partition coefficient (Wildman–Crippen LogP) is 1.36. The van der Waals surface area contributed by atoms with Crippen LogP contribution in [0, 0.1) is 0 Å². The lowest BCUT2D eigenvalue weighted by Gasteiger charge is -2.12. The van der Waals surface area contributed by atoms with Gasteiger partial charge in [0.15, 0.2) is 0 Å². The molecule has 1 atom stereocenters. The van der Waals surface area contributed by atoms with Gasteiger partial charge < -0.3 is 20.5 Å². The molecule has 0 aliphatic heterocycles. The van der Waals surface area contributed by atoms with E-state index in [0.717, 1.165) is 5.56 Å². The highest BCUT2D eigenvalue weighted by Crippen LogP contribution is 2.24. The highest BCUT2D eigenvalue weighted by atomic mass is 35.5. The number of halogens is 2. The third-order valence-electron chi connectivity index (χ3n) is 2.37. The summed E-state index contributed by atoms with van der Waals surface area (Å²) in [5, 5.41) is 3.21. The fraction of sp³-hybridized carbons (Fsp3) is 0.417. The van der Waals surface area contributed by atoms with Crippen LogP contribution in [-0.4, -0.2) is 32.8 Å². The number of ether oxygens (including phenoxy) is 2. The summed E-state index contributed by atoms with van der Waals surface area (Å²) < 4.78 is 9.84. The number of nitrogens with one attached hydrogen (secondary N) is 1. The fourth-order valence-electron chi connectivity index (χ4n) is 1.40. The van der Waals surface area contributed by atoms with Crippen LogP contribution in [0.15, 0.2) is 18.2 Å². The van der Waals surface area contributed by atoms with Gasteiger partial charge in [-0.25, -0.2) is 0 Å². The zero-order valence-electron chi connectivity index (χ0n) is 10.8. The zero-order valence-corrected chi connectivity index (χ0v) is 12.4. The molecule has 0 saturated carbocycles. The first-order chi connectivity index (χ1) is 8.58. The van der Waals surface area contributed by atoms with Crippen LogP contribution in [0.4, 0.5) is 0 Å². The minimum Gasteiger partial charge on any atom is -0.495 e. The Bertz CT molecular complexity index is 416. The molecule has 0 spiro atoms. The number of carbonyl (C=O) groups is 1. The van der Waals surface area contributed by atoms with Crippen LogP contribution in [0.2, 0.25) is 5.02 Å². The lowest BCUT2D eigenvalue weighted by Crippen LogP contribution is -2.43. The van der Waals surface area contributed by atoms with Crippen LogP contribution in [-0.2, 0) is 16.1 Å². The molecule has 0 aliphatic carbocycles. The molecule has 19 heavy (non-hydrogen) atoms. The van der Waals surface area contributed by atoms with Gasteiger partial charge in [-0.15, -0.1) is 12.4 Å². The van der Waals surface area contributed by atoms with Crippen LogP contribution < -0.4 is 15.8 Å². The summed E-state index contributed by atoms with van der Waals surface area (Å²) in [6.07, 6.45) is 0. The smallest absolute Gasteiger partial charge is 0.239 e. The van der Waals surface area contributed by atoms with Gasteiger partial charge in [-0.05, 0) is 17.7 Å². The highest BCUT2D eigenvalue weighted by molar-refractivity contribution is 6.32. The van der Waals surface area contributed by atoms with Crippen molar-refractivity contribution >= 4 is 29.9 Å². The van der Waals surface area contributed by atoms with Crippen molar-refractivity contribution in [1.29, 1.82) is 0 Å². The first-order valence-corrected chi connectivity index (χ1v) is 5.81. The Morgan fingerprint density at radius 1 is 1.47 bits per heavy atom. The van der Waals surface area contributed by atoms with Gasteiger partial charge in [0.2, 0.25) is 5.91 Å². The Labute approximate surface area is 123 Å². The summed E-state index contributed by atoms with van der Waals surface area (Å²) in [7, 11) is 3.04. The van der Waals surface area contributed by atoms with E-state index in [9.17, 15) is 4.79 Å². The molecule has 0 bridgehead atoms. The van der Waals surface area contributed by atoms with E-state index in [-0.39, 0.29) is 24.9 Å². The topological polar surface area (TPSA) is 73.6 Å². The molecule has 0 fully saturated rings. The summed E-state index contributed by atoms with van der Waals surface area (Å²) in [5.74, 6) is 0.339. The first kappa shape index (κ1) is 18.0. The molecule has 0 radical (unpaired) electrons. The number of nitrogens with two attached hydrogens (primary N) is 1. The van der Waals surface area contributed by atoms with E-state index < -0.39 is 6.04 Å². The van der Waals surface area contributed by atoms with E-state index in [4.69, 9.17) is 26.8 Å². The maximum absolute atomic E-state index is 11.5. The van der Waals surface area contributed by atoms with Crippen LogP contribution in [0.3, 0.4) is 0 Å². The summed E-state index contributed by atoms with van der Waals surface area (Å²) in [6.45, 7) is 0.551. The van der Waals surface area contributed by atoms with E-state index in [0.29, 0.717) is 17.3 Å². The predicted molar refractivity (Wildman–Crippen MR) is 77.0 cm³/mol. The van der Waals surface area contributed by atoms with E-state index >= 15 is 0 Å². The second-order valence-corrected chi connectivity index (χ2v) is 4.16. The molecular weight excluding hydrogens is 291 g/mol. The Balaban J connectivity index is 0.00000324. The number of rotatable bonds is 6. The maximum Gasteiger partial charge on any atom is 0.239 e. The van der Waals surface area contributed by atoms with Gasteiger partial charge in [0.25, 0.3) is 0 Å². The third kappa shape index (κ3) is 5.65. The molecule has 1 aromatic carbocycles. The molecule has 1 amide bonds. The molecule has 1 rings (SSSR count). The van der Waals surface area contributed by atoms with Crippen molar-refractivity contribution in [2.24, 2.45) is 5.73 Å². The van der Waals surface area contributed by atoms with Crippen LogP contribution in [0.5, 0.6) is 5.75 Å². The summed E-state index contributed by atoms with van der Waals surface area (Å²) in [4.78, 5) is 11.5. The van der Waals surface area contributed by atoms with Crippen LogP contribution >= 0.6 is 24.0 Å². The minimum atomic E-state index is -0.663. The summed E-state index contributed by atoms with van der Waals surface area (Å²) >= 11 is 5.97. The second kappa shape index (κ2) is 8.98. The molecular formula is C12H18Cl2N2O3. The van der Waals surface area contributed by atoms with Gasteiger partial charge in [0, 0.05) is 13.7 Å². The number of hydrogen-bond acceptors (Lipinski definition) is 4. The van der Waals surface area contributed by atoms with E-state index in [2.05, 4.69) is 5.32 Å². The van der Waals surface area contributed by atoms with Crippen molar-refractivity contribution in [3.63, 3.8) is 0 Å². The Kier molecular flexibility index (Phi) is 8.51. The van der Waals surface area contributed by atoms with Crippen molar-refractivity contribution in [3.8, 4) is 5.75 Å². The standard InChI is InChI=1S/C12H17ClN2O3.ClH/c1-17-7-10(14)12(16)15-6-8-3-4-11(18-2)9(13)5-8;/h3-5,10H,6-7,14H2,1-2H3,(H,15,16);1H. The lowest BCUT2D eigenvalue weighted by atomic mass is 10.2. The molecule has 108 valence electrons. The Morgan fingerprint density at radius 2 is 2.16 bits per heavy atom. The van der Waals surface area contributed by atoms with Crippen molar-refractivity contribution < 1.29 is 14.3 Å². The molecule has 7 heteroatoms. The molecule has 0 saturated heterocycles. The SMILES string of the molecule is COCC(N)C(=O)NCc1ccc(OC)c(Cl)c1.Cl. The highest BCUT2D eigenvalue weighted by Gasteiger charge is 2.12. The molecule has 0 aromatic heterocycles. The Morgan fingerprint density at radius 3 is 2.68 bits per heavy atom. The monoisotopic (exact) mass is 308 g/mol. The van der Waals surface area contributed by atoms with Crippen LogP contribution in [0.25, 0.3) is 0 Å². The van der Waals surface area contributed by atoms with Crippen molar-refractivity contribution in [1.82, 2.24) is 5.32 Å². The average molecular weight is 309 g/mol. The number of hydrogen-bond donors (Lipinski definition) is 2. The zero-order chi connectivity index (χ0) is 13.5. The average Bonchev–Trinajstić information content (AvgIpc) is 2.36. The molecule has 0 aliphatic rings. The number of amides is 1. The first-order valence-electron chi connectivity index (χ1n) is 5.43. The molecule has 3 N–H and O–H groups in total. The van der Waals surface area contributed by atoms with E-state index in [1.54, 1.807) is 19.2 Å². The molecule has 1 aromatic rings. The number of carbonyl (C=O) groups excluding carboxylic acids is 1. The molecule has 1 unspecified atom stereocenters. The van der Waals surface area contributed by atoms with Crippen molar-refractivity contribution in [2.45, 2.75) is 12.6 Å². The second-order valence-electron chi connectivity index (χ2n) is 3.75. The number of methoxy groups -OCH3 is 2. The van der Waals surface area contributed by atoms with Crippen molar-refractivity contribution in [2.75, 3.05) is 20.8 Å². The third-order valence-corrected chi connectivity index (χ3v) is 2.66. The van der Waals surface area contributed by atoms with Gasteiger partial charge in [0.05, 0.1) is 18.7 Å². The summed E-state index contributed by atoms with van der Waals surface area (Å²) in [6, 6.07) is 4.65. The van der Waals surface area contributed by atoms with Crippen LogP contribution in [0.1, 0.15) is 5.56 Å². The number of benzene rings is 1. The van der Waals surface area contributed by atoms with Gasteiger partial charge in [0.1, 0.15) is 11.8 Å². The Hall–Kier alpha value is -1.01. The largest absolute Gasteiger partial charge is 0.495 e. The molecule has 0 heterocycles. The fourth-order valence-corrected chi connectivity index (χ4v) is 1.68. The molecule has 5 nitrogen and oxygen atoms in total. The minimum absolute atomic E-state index is 0. The lowest BCUT2D eigenvalue weighted by molar-refractivity contribution is -0.123. The van der Waals surface area contributed by atoms with Gasteiger partial charge in [-0.1, -0.05) is 17.7 Å². The van der Waals surface area contributed by atoms with Gasteiger partial charge in [-0.3, -0.25) is 4.79 Å². The normalized spacial score (nSPS) is 11.4. The van der Waals surface area contributed by atoms with Gasteiger partial charge >= 0.3 is 0 Å². The maximum atomic E-state index is 11.5. The summed E-state index contributed by atoms with van der Waals surface area (Å²) in [5.41, 5.74) is 6.46.